The molecule has 2 N–H and O–H groups in total. The fraction of sp³-hybridized carbons (Fsp3) is 0.500. The van der Waals surface area contributed by atoms with Crippen LogP contribution in [0.15, 0.2) is 24.3 Å². The second-order valence-corrected chi connectivity index (χ2v) is 4.54. The quantitative estimate of drug-likeness (QED) is 0.775. The number of nitrogens with two attached hydrogens (primary N) is 1. The van der Waals surface area contributed by atoms with Gasteiger partial charge in [0.05, 0.1) is 19.8 Å². The molecule has 0 bridgehead atoms. The zero-order valence-corrected chi connectivity index (χ0v) is 11.0. The minimum absolute atomic E-state index is 0.418. The molecule has 1 amide bonds. The van der Waals surface area contributed by atoms with Crippen molar-refractivity contribution in [2.24, 2.45) is 5.73 Å². The van der Waals surface area contributed by atoms with Gasteiger partial charge in [-0.3, -0.25) is 9.69 Å². The van der Waals surface area contributed by atoms with Crippen molar-refractivity contribution in [3.05, 3.63) is 29.8 Å². The second-order valence-electron chi connectivity index (χ2n) is 4.54. The van der Waals surface area contributed by atoms with E-state index in [1.165, 1.54) is 0 Å². The highest BCUT2D eigenvalue weighted by atomic mass is 16.5. The Morgan fingerprint density at radius 3 is 2.58 bits per heavy atom. The summed E-state index contributed by atoms with van der Waals surface area (Å²) in [5.41, 5.74) is 5.67. The molecule has 1 saturated heterocycles. The molecule has 0 aliphatic carbocycles. The van der Waals surface area contributed by atoms with Crippen LogP contribution in [0.5, 0.6) is 5.75 Å². The van der Waals surface area contributed by atoms with Gasteiger partial charge in [0.15, 0.2) is 0 Å². The maximum Gasteiger partial charge on any atom is 0.248 e. The lowest BCUT2D eigenvalue weighted by molar-refractivity contribution is 0.0358. The molecule has 0 saturated carbocycles. The Labute approximate surface area is 113 Å². The zero-order valence-electron chi connectivity index (χ0n) is 11.0. The third-order valence-corrected chi connectivity index (χ3v) is 3.13. The number of hydrogen-bond acceptors (Lipinski definition) is 4. The van der Waals surface area contributed by atoms with Gasteiger partial charge in [-0.15, -0.1) is 0 Å². The lowest BCUT2D eigenvalue weighted by Gasteiger charge is -2.26. The molecule has 5 nitrogen and oxygen atoms in total. The number of nitrogens with zero attached hydrogens (tertiary/aromatic N) is 1. The third-order valence-electron chi connectivity index (χ3n) is 3.13. The molecule has 19 heavy (non-hydrogen) atoms. The summed E-state index contributed by atoms with van der Waals surface area (Å²) in [6.07, 6.45) is 0.984. The summed E-state index contributed by atoms with van der Waals surface area (Å²) in [6, 6.07) is 6.91. The number of carbonyl (C=O) groups excluding carboxylic acids is 1. The van der Waals surface area contributed by atoms with E-state index in [9.17, 15) is 4.79 Å². The number of primary amides is 1. The number of hydrogen-bond donors (Lipinski definition) is 1. The molecule has 0 aromatic heterocycles. The average molecular weight is 264 g/mol. The van der Waals surface area contributed by atoms with Crippen molar-refractivity contribution in [3.8, 4) is 5.75 Å². The summed E-state index contributed by atoms with van der Waals surface area (Å²) in [5, 5.41) is 0. The van der Waals surface area contributed by atoms with Gasteiger partial charge in [-0.25, -0.2) is 0 Å². The number of rotatable bonds is 6. The van der Waals surface area contributed by atoms with Crippen LogP contribution in [0.4, 0.5) is 0 Å². The van der Waals surface area contributed by atoms with Crippen molar-refractivity contribution in [1.29, 1.82) is 0 Å². The summed E-state index contributed by atoms with van der Waals surface area (Å²) in [4.78, 5) is 13.3. The van der Waals surface area contributed by atoms with Crippen molar-refractivity contribution in [3.63, 3.8) is 0 Å². The highest BCUT2D eigenvalue weighted by molar-refractivity contribution is 5.92. The van der Waals surface area contributed by atoms with Crippen molar-refractivity contribution < 1.29 is 14.3 Å². The maximum absolute atomic E-state index is 10.9. The fourth-order valence-electron chi connectivity index (χ4n) is 2.02. The van der Waals surface area contributed by atoms with Gasteiger partial charge < -0.3 is 15.2 Å². The molecule has 104 valence electrons. The van der Waals surface area contributed by atoms with E-state index >= 15 is 0 Å². The molecular weight excluding hydrogens is 244 g/mol. The smallest absolute Gasteiger partial charge is 0.248 e. The minimum Gasteiger partial charge on any atom is -0.494 e. The number of ether oxygens (including phenoxy) is 2. The van der Waals surface area contributed by atoms with Crippen LogP contribution in [0, 0.1) is 0 Å². The SMILES string of the molecule is NC(=O)c1ccc(OCCCN2CCOCC2)cc1. The lowest BCUT2D eigenvalue weighted by atomic mass is 10.2. The van der Waals surface area contributed by atoms with E-state index in [0.717, 1.165) is 45.0 Å². The first-order valence-electron chi connectivity index (χ1n) is 6.58. The van der Waals surface area contributed by atoms with Crippen LogP contribution in [-0.2, 0) is 4.74 Å². The largest absolute Gasteiger partial charge is 0.494 e. The topological polar surface area (TPSA) is 64.8 Å². The summed E-state index contributed by atoms with van der Waals surface area (Å²) in [7, 11) is 0. The number of carbonyl (C=O) groups is 1. The van der Waals surface area contributed by atoms with Crippen LogP contribution >= 0.6 is 0 Å². The van der Waals surface area contributed by atoms with Crippen LogP contribution < -0.4 is 10.5 Å². The zero-order chi connectivity index (χ0) is 13.5. The Morgan fingerprint density at radius 1 is 1.26 bits per heavy atom. The predicted molar refractivity (Wildman–Crippen MR) is 72.3 cm³/mol. The van der Waals surface area contributed by atoms with Crippen molar-refractivity contribution in [1.82, 2.24) is 4.90 Å². The molecule has 5 heteroatoms. The molecular formula is C14H20N2O3. The first-order valence-corrected chi connectivity index (χ1v) is 6.58. The van der Waals surface area contributed by atoms with Gasteiger partial charge in [0.2, 0.25) is 5.91 Å². The molecule has 1 aromatic carbocycles. The normalized spacial score (nSPS) is 16.2. The van der Waals surface area contributed by atoms with E-state index in [0.29, 0.717) is 12.2 Å². The van der Waals surface area contributed by atoms with Crippen LogP contribution in [0.3, 0.4) is 0 Å². The molecule has 0 unspecified atom stereocenters. The number of amides is 1. The van der Waals surface area contributed by atoms with Gasteiger partial charge in [0.25, 0.3) is 0 Å². The van der Waals surface area contributed by atoms with Gasteiger partial charge >= 0.3 is 0 Å². The summed E-state index contributed by atoms with van der Waals surface area (Å²) < 4.78 is 10.9. The maximum atomic E-state index is 10.9. The van der Waals surface area contributed by atoms with Gasteiger partial charge in [0.1, 0.15) is 5.75 Å². The molecule has 1 aliphatic rings. The number of morpholine rings is 1. The Balaban J connectivity index is 1.66. The first kappa shape index (κ1) is 13.8. The number of benzene rings is 1. The van der Waals surface area contributed by atoms with Gasteiger partial charge in [0, 0.05) is 25.2 Å². The standard InChI is InChI=1S/C14H20N2O3/c15-14(17)12-2-4-13(5-3-12)19-9-1-6-16-7-10-18-11-8-16/h2-5H,1,6-11H2,(H2,15,17). The fourth-order valence-corrected chi connectivity index (χ4v) is 2.02. The van der Waals surface area contributed by atoms with E-state index in [4.69, 9.17) is 15.2 Å². The second kappa shape index (κ2) is 7.11. The molecule has 1 heterocycles. The van der Waals surface area contributed by atoms with Gasteiger partial charge in [-0.2, -0.15) is 0 Å². The first-order chi connectivity index (χ1) is 9.25. The van der Waals surface area contributed by atoms with E-state index in [2.05, 4.69) is 4.90 Å². The third kappa shape index (κ3) is 4.54. The van der Waals surface area contributed by atoms with E-state index in [1.807, 2.05) is 0 Å². The van der Waals surface area contributed by atoms with Crippen LogP contribution in [0.2, 0.25) is 0 Å². The highest BCUT2D eigenvalue weighted by Gasteiger charge is 2.09. The van der Waals surface area contributed by atoms with Crippen molar-refractivity contribution >= 4 is 5.91 Å². The summed E-state index contributed by atoms with van der Waals surface area (Å²) >= 11 is 0. The van der Waals surface area contributed by atoms with E-state index in [1.54, 1.807) is 24.3 Å². The van der Waals surface area contributed by atoms with E-state index in [-0.39, 0.29) is 0 Å². The summed E-state index contributed by atoms with van der Waals surface area (Å²) in [5.74, 6) is 0.353. The highest BCUT2D eigenvalue weighted by Crippen LogP contribution is 2.12. The van der Waals surface area contributed by atoms with Gasteiger partial charge in [-0.1, -0.05) is 0 Å². The Kier molecular flexibility index (Phi) is 5.18. The van der Waals surface area contributed by atoms with Crippen molar-refractivity contribution in [2.75, 3.05) is 39.5 Å². The molecule has 2 rings (SSSR count). The molecule has 0 radical (unpaired) electrons. The molecule has 1 aromatic rings. The Bertz CT molecular complexity index is 400. The Morgan fingerprint density at radius 2 is 1.95 bits per heavy atom. The van der Waals surface area contributed by atoms with E-state index < -0.39 is 5.91 Å². The van der Waals surface area contributed by atoms with Crippen LogP contribution in [0.1, 0.15) is 16.8 Å². The Hall–Kier alpha value is -1.59. The molecule has 0 atom stereocenters. The average Bonchev–Trinajstić information content (AvgIpc) is 2.45. The minimum atomic E-state index is -0.418. The molecule has 1 aliphatic heterocycles. The predicted octanol–water partition coefficient (Wildman–Crippen LogP) is 0.887. The summed E-state index contributed by atoms with van der Waals surface area (Å²) in [6.45, 7) is 5.38. The monoisotopic (exact) mass is 264 g/mol. The van der Waals surface area contributed by atoms with Gasteiger partial charge in [-0.05, 0) is 30.7 Å². The molecule has 1 fully saturated rings. The van der Waals surface area contributed by atoms with Crippen LogP contribution in [0.25, 0.3) is 0 Å². The van der Waals surface area contributed by atoms with Crippen molar-refractivity contribution in [2.45, 2.75) is 6.42 Å². The lowest BCUT2D eigenvalue weighted by Crippen LogP contribution is -2.37. The molecule has 0 spiro atoms. The van der Waals surface area contributed by atoms with Crippen LogP contribution in [-0.4, -0.2) is 50.3 Å².